The molecule has 0 amide bonds. The summed E-state index contributed by atoms with van der Waals surface area (Å²) in [5.41, 5.74) is 4.95. The number of hydrogen-bond donors (Lipinski definition) is 0. The number of benzene rings is 4. The van der Waals surface area contributed by atoms with Crippen LogP contribution in [-0.4, -0.2) is 24.5 Å². The third-order valence-electron chi connectivity index (χ3n) is 6.89. The summed E-state index contributed by atoms with van der Waals surface area (Å²) in [5, 5.41) is 4.13. The maximum absolute atomic E-state index is 6.16. The summed E-state index contributed by atoms with van der Waals surface area (Å²) in [4.78, 5) is 19.8. The lowest BCUT2D eigenvalue weighted by atomic mass is 10.1. The Hall–Kier alpha value is -5.36. The molecule has 4 heterocycles. The quantitative estimate of drug-likeness (QED) is 0.256. The minimum absolute atomic E-state index is 0.506. The maximum atomic E-state index is 6.16. The maximum Gasteiger partial charge on any atom is 0.240 e. The molecule has 8 aromatic rings. The molecule has 0 atom stereocenters. The molecule has 6 nitrogen and oxygen atoms in total. The molecule has 0 aliphatic heterocycles. The van der Waals surface area contributed by atoms with Crippen molar-refractivity contribution < 1.29 is 4.42 Å². The second-order valence-corrected chi connectivity index (χ2v) is 9.18. The number of pyridine rings is 1. The second kappa shape index (κ2) is 8.08. The highest BCUT2D eigenvalue weighted by atomic mass is 16.3. The molecule has 38 heavy (non-hydrogen) atoms. The van der Waals surface area contributed by atoms with Crippen molar-refractivity contribution >= 4 is 44.0 Å². The molecule has 0 N–H and O–H groups in total. The summed E-state index contributed by atoms with van der Waals surface area (Å²) in [6.45, 7) is 0. The van der Waals surface area contributed by atoms with Crippen LogP contribution in [0.1, 0.15) is 0 Å². The molecule has 6 heteroatoms. The van der Waals surface area contributed by atoms with E-state index < -0.39 is 0 Å². The van der Waals surface area contributed by atoms with E-state index in [0.717, 1.165) is 49.4 Å². The van der Waals surface area contributed by atoms with Crippen LogP contribution in [0.3, 0.4) is 0 Å². The highest BCUT2D eigenvalue weighted by Gasteiger charge is 2.20. The van der Waals surface area contributed by atoms with Gasteiger partial charge in [-0.15, -0.1) is 0 Å². The fourth-order valence-corrected chi connectivity index (χ4v) is 5.12. The number of para-hydroxylation sites is 2. The van der Waals surface area contributed by atoms with Gasteiger partial charge in [-0.05, 0) is 18.2 Å². The molecule has 0 spiro atoms. The molecule has 0 fully saturated rings. The van der Waals surface area contributed by atoms with Crippen molar-refractivity contribution in [2.45, 2.75) is 0 Å². The number of hydrogen-bond acceptors (Lipinski definition) is 5. The fourth-order valence-electron chi connectivity index (χ4n) is 5.12. The van der Waals surface area contributed by atoms with Gasteiger partial charge in [-0.3, -0.25) is 4.57 Å². The molecule has 8 rings (SSSR count). The van der Waals surface area contributed by atoms with Crippen LogP contribution in [0.15, 0.2) is 120 Å². The molecule has 0 unspecified atom stereocenters. The third kappa shape index (κ3) is 3.14. The van der Waals surface area contributed by atoms with Gasteiger partial charge in [0.25, 0.3) is 0 Å². The van der Waals surface area contributed by atoms with Crippen LogP contribution < -0.4 is 0 Å². The number of nitrogens with zero attached hydrogens (tertiary/aromatic N) is 5. The molecule has 178 valence electrons. The summed E-state index contributed by atoms with van der Waals surface area (Å²) in [6, 6.07) is 38.4. The zero-order chi connectivity index (χ0) is 25.1. The molecular formula is C32H19N5O. The van der Waals surface area contributed by atoms with Crippen molar-refractivity contribution in [1.29, 1.82) is 0 Å². The van der Waals surface area contributed by atoms with Gasteiger partial charge in [0.05, 0.1) is 5.52 Å². The smallest absolute Gasteiger partial charge is 0.240 e. The number of furan rings is 1. The average molecular weight is 490 g/mol. The first-order chi connectivity index (χ1) is 18.8. The summed E-state index contributed by atoms with van der Waals surface area (Å²) in [7, 11) is 0. The van der Waals surface area contributed by atoms with Crippen molar-refractivity contribution in [3.05, 3.63) is 115 Å². The van der Waals surface area contributed by atoms with E-state index in [0.29, 0.717) is 23.3 Å². The van der Waals surface area contributed by atoms with E-state index in [1.807, 2.05) is 95.6 Å². The molecule has 0 radical (unpaired) electrons. The Morgan fingerprint density at radius 2 is 1.11 bits per heavy atom. The Morgan fingerprint density at radius 1 is 0.500 bits per heavy atom. The Labute approximate surface area is 216 Å². The normalized spacial score (nSPS) is 11.7. The van der Waals surface area contributed by atoms with Crippen LogP contribution in [0.4, 0.5) is 0 Å². The first kappa shape index (κ1) is 20.8. The van der Waals surface area contributed by atoms with E-state index in [4.69, 9.17) is 24.4 Å². The van der Waals surface area contributed by atoms with Gasteiger partial charge in [0.1, 0.15) is 5.58 Å². The lowest BCUT2D eigenvalue weighted by Gasteiger charge is -2.10. The molecule has 0 aliphatic carbocycles. The monoisotopic (exact) mass is 489 g/mol. The van der Waals surface area contributed by atoms with Crippen molar-refractivity contribution in [1.82, 2.24) is 24.5 Å². The van der Waals surface area contributed by atoms with E-state index in [1.165, 1.54) is 0 Å². The van der Waals surface area contributed by atoms with Crippen molar-refractivity contribution in [2.24, 2.45) is 0 Å². The number of rotatable bonds is 3. The van der Waals surface area contributed by atoms with E-state index in [-0.39, 0.29) is 0 Å². The molecule has 0 bridgehead atoms. The van der Waals surface area contributed by atoms with Crippen LogP contribution in [0.2, 0.25) is 0 Å². The number of fused-ring (bicyclic) bond motifs is 6. The highest BCUT2D eigenvalue weighted by Crippen LogP contribution is 2.36. The molecule has 4 aromatic heterocycles. The molecule has 0 saturated heterocycles. The minimum Gasteiger partial charge on any atom is -0.438 e. The average Bonchev–Trinajstić information content (AvgIpc) is 3.51. The predicted molar refractivity (Wildman–Crippen MR) is 150 cm³/mol. The Kier molecular flexibility index (Phi) is 4.42. The van der Waals surface area contributed by atoms with Crippen LogP contribution in [0, 0.1) is 0 Å². The highest BCUT2D eigenvalue weighted by molar-refractivity contribution is 6.14. The largest absolute Gasteiger partial charge is 0.438 e. The van der Waals surface area contributed by atoms with Crippen molar-refractivity contribution in [3.8, 4) is 28.7 Å². The topological polar surface area (TPSA) is 69.6 Å². The van der Waals surface area contributed by atoms with Gasteiger partial charge in [0.2, 0.25) is 11.7 Å². The van der Waals surface area contributed by atoms with E-state index >= 15 is 0 Å². The van der Waals surface area contributed by atoms with E-state index in [9.17, 15) is 0 Å². The van der Waals surface area contributed by atoms with Crippen LogP contribution >= 0.6 is 0 Å². The third-order valence-corrected chi connectivity index (χ3v) is 6.89. The first-order valence-corrected chi connectivity index (χ1v) is 12.4. The Morgan fingerprint density at radius 3 is 1.82 bits per heavy atom. The number of aromatic nitrogens is 5. The molecule has 0 saturated carbocycles. The lowest BCUT2D eigenvalue weighted by Crippen LogP contribution is -2.07. The second-order valence-electron chi connectivity index (χ2n) is 9.18. The minimum atomic E-state index is 0.506. The van der Waals surface area contributed by atoms with Gasteiger partial charge >= 0.3 is 0 Å². The van der Waals surface area contributed by atoms with Gasteiger partial charge in [-0.25, -0.2) is 4.98 Å². The zero-order valence-corrected chi connectivity index (χ0v) is 20.1. The molecule has 0 aliphatic rings. The van der Waals surface area contributed by atoms with Gasteiger partial charge in [0, 0.05) is 32.7 Å². The zero-order valence-electron chi connectivity index (χ0n) is 20.1. The molecular weight excluding hydrogens is 470 g/mol. The van der Waals surface area contributed by atoms with Crippen molar-refractivity contribution in [3.63, 3.8) is 0 Å². The Bertz CT molecular complexity index is 2070. The first-order valence-electron chi connectivity index (χ1n) is 12.4. The lowest BCUT2D eigenvalue weighted by molar-refractivity contribution is 0.655. The summed E-state index contributed by atoms with van der Waals surface area (Å²) in [5.74, 6) is 1.71. The predicted octanol–water partition coefficient (Wildman–Crippen LogP) is 7.60. The fraction of sp³-hybridized carbons (Fsp3) is 0. The van der Waals surface area contributed by atoms with E-state index in [2.05, 4.69) is 24.3 Å². The standard InChI is InChI=1S/C32H19N5O/c1-3-11-20(12-4-1)28-33-29(21-13-5-2-6-14-21)35-32(34-28)37-26-17-9-7-15-22(26)24-19-25-23-16-8-10-18-27(23)38-31(25)36-30(24)37/h1-19H. The summed E-state index contributed by atoms with van der Waals surface area (Å²) >= 11 is 0. The van der Waals surface area contributed by atoms with Gasteiger partial charge in [-0.1, -0.05) is 97.1 Å². The van der Waals surface area contributed by atoms with E-state index in [1.54, 1.807) is 0 Å². The van der Waals surface area contributed by atoms with Crippen LogP contribution in [0.25, 0.3) is 72.7 Å². The summed E-state index contributed by atoms with van der Waals surface area (Å²) < 4.78 is 8.17. The van der Waals surface area contributed by atoms with Crippen LogP contribution in [-0.2, 0) is 0 Å². The Balaban J connectivity index is 1.48. The van der Waals surface area contributed by atoms with Gasteiger partial charge in [0.15, 0.2) is 17.3 Å². The van der Waals surface area contributed by atoms with Gasteiger partial charge < -0.3 is 4.42 Å². The van der Waals surface area contributed by atoms with Gasteiger partial charge in [-0.2, -0.15) is 15.0 Å². The summed E-state index contributed by atoms with van der Waals surface area (Å²) in [6.07, 6.45) is 0. The molecule has 4 aromatic carbocycles. The van der Waals surface area contributed by atoms with Crippen molar-refractivity contribution in [2.75, 3.05) is 0 Å². The van der Waals surface area contributed by atoms with Crippen LogP contribution in [0.5, 0.6) is 0 Å². The SMILES string of the molecule is c1ccc(-c2nc(-c3ccccc3)nc(-n3c4ccccc4c4cc5c(nc43)oc3ccccc35)n2)cc1.